The Morgan fingerprint density at radius 3 is 3.00 bits per heavy atom. The molecule has 0 aliphatic carbocycles. The van der Waals surface area contributed by atoms with Crippen molar-refractivity contribution in [2.75, 3.05) is 5.32 Å². The van der Waals surface area contributed by atoms with E-state index in [9.17, 15) is 4.79 Å². The van der Waals surface area contributed by atoms with Crippen LogP contribution in [-0.2, 0) is 0 Å². The molecule has 102 valence electrons. The van der Waals surface area contributed by atoms with E-state index in [0.717, 1.165) is 16.6 Å². The Hall–Kier alpha value is -3.13. The highest BCUT2D eigenvalue weighted by Gasteiger charge is 2.10. The summed E-state index contributed by atoms with van der Waals surface area (Å²) in [5, 5.41) is 12.7. The van der Waals surface area contributed by atoms with Gasteiger partial charge in [-0.15, -0.1) is 0 Å². The van der Waals surface area contributed by atoms with Gasteiger partial charge in [-0.05, 0) is 31.2 Å². The van der Waals surface area contributed by atoms with E-state index in [1.165, 1.54) is 12.3 Å². The number of fused-ring (bicyclic) bond motifs is 1. The van der Waals surface area contributed by atoms with Crippen molar-refractivity contribution in [3.63, 3.8) is 0 Å². The zero-order valence-electron chi connectivity index (χ0n) is 11.3. The lowest BCUT2D eigenvalue weighted by Gasteiger charge is -2.06. The molecular formula is C16H12N4O. The fourth-order valence-corrected chi connectivity index (χ4v) is 2.23. The molecule has 0 unspecified atom stereocenters. The van der Waals surface area contributed by atoms with Gasteiger partial charge in [0.15, 0.2) is 0 Å². The van der Waals surface area contributed by atoms with Gasteiger partial charge in [-0.2, -0.15) is 5.26 Å². The largest absolute Gasteiger partial charge is 0.357 e. The number of carbonyl (C=O) groups is 1. The van der Waals surface area contributed by atoms with E-state index in [1.54, 1.807) is 6.07 Å². The Kier molecular flexibility index (Phi) is 3.13. The molecule has 1 aromatic carbocycles. The summed E-state index contributed by atoms with van der Waals surface area (Å²) in [5.74, 6) is -0.270. The summed E-state index contributed by atoms with van der Waals surface area (Å²) in [7, 11) is 0. The average molecular weight is 276 g/mol. The fourth-order valence-electron chi connectivity index (χ4n) is 2.23. The first-order valence-electron chi connectivity index (χ1n) is 6.43. The van der Waals surface area contributed by atoms with Crippen molar-refractivity contribution in [2.45, 2.75) is 6.92 Å². The molecule has 0 saturated heterocycles. The van der Waals surface area contributed by atoms with E-state index in [2.05, 4.69) is 15.3 Å². The molecule has 0 bridgehead atoms. The van der Waals surface area contributed by atoms with Gasteiger partial charge in [0.1, 0.15) is 11.8 Å². The van der Waals surface area contributed by atoms with Crippen LogP contribution < -0.4 is 5.32 Å². The summed E-state index contributed by atoms with van der Waals surface area (Å²) in [6.45, 7) is 1.97. The normalized spacial score (nSPS) is 10.3. The lowest BCUT2D eigenvalue weighted by atomic mass is 10.2. The van der Waals surface area contributed by atoms with Crippen molar-refractivity contribution in [3.05, 3.63) is 59.5 Å². The summed E-state index contributed by atoms with van der Waals surface area (Å²) in [6, 6.07) is 12.7. The van der Waals surface area contributed by atoms with Gasteiger partial charge >= 0.3 is 0 Å². The van der Waals surface area contributed by atoms with Gasteiger partial charge in [0, 0.05) is 22.8 Å². The maximum absolute atomic E-state index is 12.3. The Morgan fingerprint density at radius 2 is 2.19 bits per heavy atom. The Balaban J connectivity index is 1.94. The van der Waals surface area contributed by atoms with Crippen molar-refractivity contribution in [3.8, 4) is 6.07 Å². The van der Waals surface area contributed by atoms with E-state index < -0.39 is 0 Å². The summed E-state index contributed by atoms with van der Waals surface area (Å²) in [6.07, 6.45) is 1.45. The van der Waals surface area contributed by atoms with Gasteiger partial charge in [-0.3, -0.25) is 4.79 Å². The number of nitrogens with one attached hydrogen (secondary N) is 2. The van der Waals surface area contributed by atoms with Crippen LogP contribution in [0.15, 0.2) is 42.6 Å². The number of aryl methyl sites for hydroxylation is 1. The highest BCUT2D eigenvalue weighted by atomic mass is 16.1. The molecule has 1 amide bonds. The van der Waals surface area contributed by atoms with Gasteiger partial charge in [0.25, 0.3) is 5.91 Å². The molecule has 2 heterocycles. The van der Waals surface area contributed by atoms with Gasteiger partial charge in [-0.25, -0.2) is 4.98 Å². The molecule has 0 fully saturated rings. The van der Waals surface area contributed by atoms with Gasteiger partial charge < -0.3 is 10.3 Å². The topological polar surface area (TPSA) is 81.6 Å². The minimum absolute atomic E-state index is 0.219. The zero-order chi connectivity index (χ0) is 14.8. The SMILES string of the molecule is Cc1cc2cccc(NC(=O)c3ccnc(C#N)c3)c2[nH]1. The molecule has 5 heteroatoms. The quantitative estimate of drug-likeness (QED) is 0.754. The molecule has 0 spiro atoms. The summed E-state index contributed by atoms with van der Waals surface area (Å²) < 4.78 is 0. The van der Waals surface area contributed by atoms with Crippen LogP contribution in [-0.4, -0.2) is 15.9 Å². The van der Waals surface area contributed by atoms with Crippen molar-refractivity contribution >= 4 is 22.5 Å². The lowest BCUT2D eigenvalue weighted by molar-refractivity contribution is 0.102. The molecular weight excluding hydrogens is 264 g/mol. The number of H-pyrrole nitrogens is 1. The number of hydrogen-bond donors (Lipinski definition) is 2. The fraction of sp³-hybridized carbons (Fsp3) is 0.0625. The highest BCUT2D eigenvalue weighted by molar-refractivity contribution is 6.08. The molecule has 0 aliphatic rings. The first-order valence-corrected chi connectivity index (χ1v) is 6.43. The van der Waals surface area contributed by atoms with Crippen LogP contribution in [0.25, 0.3) is 10.9 Å². The van der Waals surface area contributed by atoms with E-state index in [1.807, 2.05) is 37.3 Å². The van der Waals surface area contributed by atoms with Crippen LogP contribution in [0, 0.1) is 18.3 Å². The Morgan fingerprint density at radius 1 is 1.33 bits per heavy atom. The predicted molar refractivity (Wildman–Crippen MR) is 79.9 cm³/mol. The maximum Gasteiger partial charge on any atom is 0.255 e. The minimum Gasteiger partial charge on any atom is -0.357 e. The second-order valence-corrected chi connectivity index (χ2v) is 4.72. The molecule has 3 rings (SSSR count). The van der Waals surface area contributed by atoms with Crippen molar-refractivity contribution in [2.24, 2.45) is 0 Å². The highest BCUT2D eigenvalue weighted by Crippen LogP contribution is 2.23. The summed E-state index contributed by atoms with van der Waals surface area (Å²) in [4.78, 5) is 19.4. The standard InChI is InChI=1S/C16H12N4O/c1-10-7-11-3-2-4-14(15(11)19-10)20-16(21)12-5-6-18-13(8-12)9-17/h2-8,19H,1H3,(H,20,21). The van der Waals surface area contributed by atoms with Crippen LogP contribution in [0.4, 0.5) is 5.69 Å². The molecule has 0 aliphatic heterocycles. The second kappa shape index (κ2) is 5.10. The Bertz CT molecular complexity index is 873. The number of nitriles is 1. The third kappa shape index (κ3) is 2.47. The van der Waals surface area contributed by atoms with Crippen LogP contribution in [0.1, 0.15) is 21.7 Å². The van der Waals surface area contributed by atoms with Gasteiger partial charge in [-0.1, -0.05) is 12.1 Å². The molecule has 0 saturated carbocycles. The second-order valence-electron chi connectivity index (χ2n) is 4.72. The maximum atomic E-state index is 12.3. The van der Waals surface area contributed by atoms with Gasteiger partial charge in [0.05, 0.1) is 11.2 Å². The first-order chi connectivity index (χ1) is 10.2. The molecule has 0 atom stereocenters. The number of pyridine rings is 1. The number of nitrogens with zero attached hydrogens (tertiary/aromatic N) is 2. The lowest BCUT2D eigenvalue weighted by Crippen LogP contribution is -2.12. The first kappa shape index (κ1) is 12.9. The number of hydrogen-bond acceptors (Lipinski definition) is 3. The molecule has 2 aromatic heterocycles. The van der Waals surface area contributed by atoms with Crippen molar-refractivity contribution < 1.29 is 4.79 Å². The van der Waals surface area contributed by atoms with Gasteiger partial charge in [0.2, 0.25) is 0 Å². The monoisotopic (exact) mass is 276 g/mol. The number of aromatic nitrogens is 2. The average Bonchev–Trinajstić information content (AvgIpc) is 2.88. The summed E-state index contributed by atoms with van der Waals surface area (Å²) >= 11 is 0. The van der Waals surface area contributed by atoms with Crippen LogP contribution >= 0.6 is 0 Å². The Labute approximate surface area is 121 Å². The third-order valence-electron chi connectivity index (χ3n) is 3.18. The summed E-state index contributed by atoms with van der Waals surface area (Å²) in [5.41, 5.74) is 3.25. The van der Waals surface area contributed by atoms with Crippen LogP contribution in [0.5, 0.6) is 0 Å². The van der Waals surface area contributed by atoms with E-state index >= 15 is 0 Å². The molecule has 3 aromatic rings. The smallest absolute Gasteiger partial charge is 0.255 e. The molecule has 0 radical (unpaired) electrons. The van der Waals surface area contributed by atoms with Crippen molar-refractivity contribution in [1.29, 1.82) is 5.26 Å². The van der Waals surface area contributed by atoms with Crippen molar-refractivity contribution in [1.82, 2.24) is 9.97 Å². The van der Waals surface area contributed by atoms with Crippen LogP contribution in [0.3, 0.4) is 0 Å². The number of amides is 1. The minimum atomic E-state index is -0.270. The van der Waals surface area contributed by atoms with Crippen LogP contribution in [0.2, 0.25) is 0 Å². The van der Waals surface area contributed by atoms with E-state index in [4.69, 9.17) is 5.26 Å². The number of aromatic amines is 1. The molecule has 2 N–H and O–H groups in total. The predicted octanol–water partition coefficient (Wildman–Crippen LogP) is 3.00. The van der Waals surface area contributed by atoms with E-state index in [0.29, 0.717) is 11.3 Å². The molecule has 21 heavy (non-hydrogen) atoms. The number of anilines is 1. The zero-order valence-corrected chi connectivity index (χ0v) is 11.3. The number of benzene rings is 1. The molecule has 5 nitrogen and oxygen atoms in total. The number of para-hydroxylation sites is 1. The van der Waals surface area contributed by atoms with E-state index in [-0.39, 0.29) is 11.6 Å². The number of rotatable bonds is 2. The third-order valence-corrected chi connectivity index (χ3v) is 3.18. The number of carbonyl (C=O) groups excluding carboxylic acids is 1.